The van der Waals surface area contributed by atoms with Crippen molar-refractivity contribution in [3.63, 3.8) is 0 Å². The van der Waals surface area contributed by atoms with Gasteiger partial charge in [0, 0.05) is 18.0 Å². The first-order valence-electron chi connectivity index (χ1n) is 6.01. The van der Waals surface area contributed by atoms with Crippen LogP contribution in [-0.4, -0.2) is 14.7 Å². The molecule has 0 fully saturated rings. The Hall–Kier alpha value is -2.17. The molecule has 2 heterocycles. The quantitative estimate of drug-likeness (QED) is 0.758. The van der Waals surface area contributed by atoms with E-state index in [1.54, 1.807) is 17.0 Å². The van der Waals surface area contributed by atoms with E-state index in [1.807, 2.05) is 18.2 Å². The molecule has 1 atom stereocenters. The molecule has 0 amide bonds. The molecule has 1 aliphatic rings. The summed E-state index contributed by atoms with van der Waals surface area (Å²) >= 11 is 0. The fourth-order valence-electron chi connectivity index (χ4n) is 2.25. The summed E-state index contributed by atoms with van der Waals surface area (Å²) in [4.78, 5) is 15.8. The molecule has 3 rings (SSSR count). The molecule has 0 aromatic carbocycles. The van der Waals surface area contributed by atoms with Crippen LogP contribution in [0.25, 0.3) is 11.4 Å². The summed E-state index contributed by atoms with van der Waals surface area (Å²) in [6.45, 7) is 0. The molecule has 0 spiro atoms. The zero-order valence-electron chi connectivity index (χ0n) is 9.82. The summed E-state index contributed by atoms with van der Waals surface area (Å²) in [6, 6.07) is 3.72. The van der Waals surface area contributed by atoms with E-state index >= 15 is 0 Å². The Kier molecular flexibility index (Phi) is 2.80. The second-order valence-electron chi connectivity index (χ2n) is 4.31. The van der Waals surface area contributed by atoms with Crippen molar-refractivity contribution < 1.29 is 4.52 Å². The number of rotatable bonds is 2. The third-order valence-corrected chi connectivity index (χ3v) is 3.12. The van der Waals surface area contributed by atoms with E-state index in [4.69, 9.17) is 4.52 Å². The molecule has 0 N–H and O–H groups in total. The number of nitrogens with zero attached hydrogens (tertiary/aromatic N) is 3. The van der Waals surface area contributed by atoms with Crippen molar-refractivity contribution in [2.75, 3.05) is 0 Å². The Balaban J connectivity index is 2.09. The summed E-state index contributed by atoms with van der Waals surface area (Å²) < 4.78 is 6.40. The van der Waals surface area contributed by atoms with Gasteiger partial charge in [-0.1, -0.05) is 17.3 Å². The van der Waals surface area contributed by atoms with E-state index in [0.29, 0.717) is 5.82 Å². The summed E-state index contributed by atoms with van der Waals surface area (Å²) in [5, 5.41) is 3.86. The topological polar surface area (TPSA) is 60.9 Å². The highest BCUT2D eigenvalue weighted by Crippen LogP contribution is 2.25. The molecule has 1 aliphatic carbocycles. The van der Waals surface area contributed by atoms with Gasteiger partial charge in [-0.25, -0.2) is 9.36 Å². The van der Waals surface area contributed by atoms with E-state index in [1.165, 1.54) is 0 Å². The smallest absolute Gasteiger partial charge is 0.295 e. The van der Waals surface area contributed by atoms with Crippen LogP contribution in [0.15, 0.2) is 46.0 Å². The molecule has 18 heavy (non-hydrogen) atoms. The number of allylic oxidation sites excluding steroid dienone is 2. The third-order valence-electron chi connectivity index (χ3n) is 3.12. The van der Waals surface area contributed by atoms with E-state index < -0.39 is 5.76 Å². The first-order chi connectivity index (χ1) is 8.86. The molecule has 0 radical (unpaired) electrons. The van der Waals surface area contributed by atoms with E-state index in [-0.39, 0.29) is 6.04 Å². The van der Waals surface area contributed by atoms with E-state index in [0.717, 1.165) is 24.8 Å². The Morgan fingerprint density at radius 1 is 1.44 bits per heavy atom. The lowest BCUT2D eigenvalue weighted by molar-refractivity contribution is 0.366. The Morgan fingerprint density at radius 3 is 3.11 bits per heavy atom. The van der Waals surface area contributed by atoms with Gasteiger partial charge in [0.2, 0.25) is 0 Å². The molecular weight excluding hydrogens is 230 g/mol. The van der Waals surface area contributed by atoms with Crippen LogP contribution >= 0.6 is 0 Å². The monoisotopic (exact) mass is 243 g/mol. The lowest BCUT2D eigenvalue weighted by Gasteiger charge is -2.17. The Morgan fingerprint density at radius 2 is 2.39 bits per heavy atom. The van der Waals surface area contributed by atoms with Crippen molar-refractivity contribution in [2.24, 2.45) is 0 Å². The predicted molar refractivity (Wildman–Crippen MR) is 66.0 cm³/mol. The van der Waals surface area contributed by atoms with Gasteiger partial charge >= 0.3 is 5.76 Å². The van der Waals surface area contributed by atoms with Crippen molar-refractivity contribution in [3.05, 3.63) is 47.2 Å². The van der Waals surface area contributed by atoms with Gasteiger partial charge in [-0.15, -0.1) is 0 Å². The molecule has 2 aromatic heterocycles. The Labute approximate surface area is 104 Å². The molecular formula is C13H13N3O2. The van der Waals surface area contributed by atoms with Crippen LogP contribution in [0.1, 0.15) is 25.3 Å². The van der Waals surface area contributed by atoms with Crippen LogP contribution in [0.2, 0.25) is 0 Å². The summed E-state index contributed by atoms with van der Waals surface area (Å²) in [5.41, 5.74) is 0.794. The lowest BCUT2D eigenvalue weighted by atomic mass is 10.0. The fourth-order valence-corrected chi connectivity index (χ4v) is 2.25. The minimum absolute atomic E-state index is 0.0349. The number of hydrogen-bond donors (Lipinski definition) is 0. The van der Waals surface area contributed by atoms with Crippen molar-refractivity contribution in [1.29, 1.82) is 0 Å². The lowest BCUT2D eigenvalue weighted by Crippen LogP contribution is -2.21. The average molecular weight is 243 g/mol. The van der Waals surface area contributed by atoms with Gasteiger partial charge in [0.1, 0.15) is 0 Å². The van der Waals surface area contributed by atoms with Gasteiger partial charge in [-0.3, -0.25) is 9.51 Å². The first-order valence-corrected chi connectivity index (χ1v) is 6.01. The van der Waals surface area contributed by atoms with Gasteiger partial charge in [-0.05, 0) is 31.4 Å². The predicted octanol–water partition coefficient (Wildman–Crippen LogP) is 2.18. The van der Waals surface area contributed by atoms with Crippen LogP contribution in [0, 0.1) is 0 Å². The molecule has 0 saturated carbocycles. The second-order valence-corrected chi connectivity index (χ2v) is 4.31. The molecule has 0 unspecified atom stereocenters. The molecule has 0 bridgehead atoms. The maximum Gasteiger partial charge on any atom is 0.442 e. The van der Waals surface area contributed by atoms with Crippen molar-refractivity contribution in [1.82, 2.24) is 14.7 Å². The van der Waals surface area contributed by atoms with Crippen molar-refractivity contribution in [2.45, 2.75) is 25.3 Å². The zero-order valence-corrected chi connectivity index (χ0v) is 9.82. The summed E-state index contributed by atoms with van der Waals surface area (Å²) in [5.74, 6) is 0.134. The number of hydrogen-bond acceptors (Lipinski definition) is 4. The first kappa shape index (κ1) is 11.0. The number of aromatic nitrogens is 3. The standard InChI is InChI=1S/C13H13N3O2/c17-13-16(11-6-2-1-3-7-11)12(15-18-13)10-5-4-8-14-9-10/h2,4-6,8-9,11H,1,3,7H2/t11-/m1/s1. The SMILES string of the molecule is O=c1onc(-c2cccnc2)n1[C@@H]1C=CCCC1. The molecule has 2 aromatic rings. The van der Waals surface area contributed by atoms with E-state index in [9.17, 15) is 4.79 Å². The zero-order chi connectivity index (χ0) is 12.4. The van der Waals surface area contributed by atoms with Gasteiger partial charge < -0.3 is 0 Å². The number of pyridine rings is 1. The summed E-state index contributed by atoms with van der Waals surface area (Å²) in [6.07, 6.45) is 10.6. The molecule has 0 aliphatic heterocycles. The largest absolute Gasteiger partial charge is 0.442 e. The van der Waals surface area contributed by atoms with Crippen LogP contribution < -0.4 is 5.76 Å². The molecule has 0 saturated heterocycles. The van der Waals surface area contributed by atoms with Gasteiger partial charge in [0.25, 0.3) is 0 Å². The highest BCUT2D eigenvalue weighted by molar-refractivity contribution is 5.52. The normalized spacial score (nSPS) is 19.0. The van der Waals surface area contributed by atoms with E-state index in [2.05, 4.69) is 16.2 Å². The van der Waals surface area contributed by atoms with Gasteiger partial charge in [0.05, 0.1) is 6.04 Å². The molecule has 5 heteroatoms. The van der Waals surface area contributed by atoms with Crippen molar-refractivity contribution in [3.8, 4) is 11.4 Å². The summed E-state index contributed by atoms with van der Waals surface area (Å²) in [7, 11) is 0. The van der Waals surface area contributed by atoms with Crippen LogP contribution in [-0.2, 0) is 0 Å². The average Bonchev–Trinajstić information content (AvgIpc) is 2.83. The van der Waals surface area contributed by atoms with Crippen molar-refractivity contribution >= 4 is 0 Å². The maximum atomic E-state index is 11.8. The minimum atomic E-state index is -0.412. The fraction of sp³-hybridized carbons (Fsp3) is 0.308. The van der Waals surface area contributed by atoms with Crippen LogP contribution in [0.4, 0.5) is 0 Å². The minimum Gasteiger partial charge on any atom is -0.295 e. The van der Waals surface area contributed by atoms with Crippen LogP contribution in [0.5, 0.6) is 0 Å². The molecule has 5 nitrogen and oxygen atoms in total. The third kappa shape index (κ3) is 1.88. The van der Waals surface area contributed by atoms with Crippen LogP contribution in [0.3, 0.4) is 0 Å². The maximum absolute atomic E-state index is 11.8. The van der Waals surface area contributed by atoms with Gasteiger partial charge in [-0.2, -0.15) is 0 Å². The highest BCUT2D eigenvalue weighted by atomic mass is 16.5. The van der Waals surface area contributed by atoms with Gasteiger partial charge in [0.15, 0.2) is 5.82 Å². The highest BCUT2D eigenvalue weighted by Gasteiger charge is 2.20. The Bertz CT molecular complexity index is 613. The second kappa shape index (κ2) is 4.60. The molecule has 92 valence electrons.